The number of carbonyl (C=O) groups excluding carboxylic acids is 3. The Morgan fingerprint density at radius 3 is 2.27 bits per heavy atom. The highest BCUT2D eigenvalue weighted by atomic mass is 19.1. The number of Topliss-reactive ketones (excluding diaryl/α,β-unsaturated/α-hetero) is 3. The van der Waals surface area contributed by atoms with Gasteiger partial charge < -0.3 is 9.64 Å². The Bertz CT molecular complexity index is 1760. The largest absolute Gasteiger partial charge is 0.497 e. The maximum Gasteiger partial charge on any atom is 0.185 e. The summed E-state index contributed by atoms with van der Waals surface area (Å²) in [5.41, 5.74) is 2.40. The molecule has 4 aromatic rings. The maximum absolute atomic E-state index is 14.7. The zero-order chi connectivity index (χ0) is 28.5. The summed E-state index contributed by atoms with van der Waals surface area (Å²) in [5, 5.41) is 0. The molecule has 3 atom stereocenters. The van der Waals surface area contributed by atoms with Crippen molar-refractivity contribution >= 4 is 29.1 Å². The van der Waals surface area contributed by atoms with Crippen molar-refractivity contribution in [2.75, 3.05) is 12.0 Å². The fraction of sp³-hybridized carbons (Fsp3) is 0.171. The van der Waals surface area contributed by atoms with E-state index in [4.69, 9.17) is 4.74 Å². The molecule has 1 aliphatic carbocycles. The topological polar surface area (TPSA) is 63.7 Å². The minimum absolute atomic E-state index is 0.221. The Morgan fingerprint density at radius 1 is 0.878 bits per heavy atom. The quantitative estimate of drug-likeness (QED) is 0.218. The van der Waals surface area contributed by atoms with Crippen LogP contribution in [0.1, 0.15) is 53.7 Å². The Morgan fingerprint density at radius 2 is 1.59 bits per heavy atom. The van der Waals surface area contributed by atoms with Gasteiger partial charge in [-0.2, -0.15) is 0 Å². The Balaban J connectivity index is 1.55. The van der Waals surface area contributed by atoms with E-state index in [-0.39, 0.29) is 17.3 Å². The third-order valence-electron chi connectivity index (χ3n) is 8.82. The molecule has 202 valence electrons. The monoisotopic (exact) mass is 543 g/mol. The minimum Gasteiger partial charge on any atom is -0.497 e. The number of benzene rings is 4. The number of carbonyl (C=O) groups is 3. The summed E-state index contributed by atoms with van der Waals surface area (Å²) in [6, 6.07) is 24.1. The number of anilines is 1. The van der Waals surface area contributed by atoms with E-state index in [1.807, 2.05) is 36.1 Å². The number of halogens is 1. The molecule has 41 heavy (non-hydrogen) atoms. The van der Waals surface area contributed by atoms with Crippen molar-refractivity contribution in [3.05, 3.63) is 136 Å². The number of aryl methyl sites for hydroxylation is 1. The van der Waals surface area contributed by atoms with Gasteiger partial charge in [-0.25, -0.2) is 4.39 Å². The van der Waals surface area contributed by atoms with Crippen LogP contribution in [0, 0.1) is 18.2 Å². The lowest BCUT2D eigenvalue weighted by Gasteiger charge is -2.37. The first-order valence-corrected chi connectivity index (χ1v) is 13.6. The summed E-state index contributed by atoms with van der Waals surface area (Å²) in [4.78, 5) is 45.8. The number of hydrogen-bond acceptors (Lipinski definition) is 5. The van der Waals surface area contributed by atoms with Gasteiger partial charge in [-0.3, -0.25) is 14.4 Å². The van der Waals surface area contributed by atoms with E-state index in [1.165, 1.54) is 12.1 Å². The van der Waals surface area contributed by atoms with Crippen molar-refractivity contribution in [2.45, 2.75) is 24.9 Å². The van der Waals surface area contributed by atoms with Crippen molar-refractivity contribution in [3.63, 3.8) is 0 Å². The number of hydrogen-bond donors (Lipinski definition) is 0. The van der Waals surface area contributed by atoms with E-state index < -0.39 is 29.2 Å². The van der Waals surface area contributed by atoms with Gasteiger partial charge in [-0.05, 0) is 42.8 Å². The fourth-order valence-electron chi connectivity index (χ4n) is 7.04. The lowest BCUT2D eigenvalue weighted by Crippen LogP contribution is -2.48. The van der Waals surface area contributed by atoms with Crippen molar-refractivity contribution in [2.24, 2.45) is 5.41 Å². The molecule has 0 unspecified atom stereocenters. The smallest absolute Gasteiger partial charge is 0.185 e. The molecule has 0 radical (unpaired) electrons. The van der Waals surface area contributed by atoms with Gasteiger partial charge in [0.15, 0.2) is 17.3 Å². The van der Waals surface area contributed by atoms with Crippen LogP contribution in [-0.2, 0) is 0 Å². The molecule has 0 N–H and O–H groups in total. The van der Waals surface area contributed by atoms with E-state index in [9.17, 15) is 18.8 Å². The Labute approximate surface area is 236 Å². The van der Waals surface area contributed by atoms with Crippen molar-refractivity contribution in [3.8, 4) is 5.75 Å². The summed E-state index contributed by atoms with van der Waals surface area (Å²) in [6.45, 7) is 1.95. The molecular formula is C35H26FNO4. The van der Waals surface area contributed by atoms with Crippen LogP contribution in [0.3, 0.4) is 0 Å². The third kappa shape index (κ3) is 3.43. The molecule has 0 saturated carbocycles. The van der Waals surface area contributed by atoms with Gasteiger partial charge in [0.2, 0.25) is 0 Å². The first-order chi connectivity index (χ1) is 19.9. The summed E-state index contributed by atoms with van der Waals surface area (Å²) < 4.78 is 19.9. The van der Waals surface area contributed by atoms with Crippen LogP contribution in [0.15, 0.2) is 97.1 Å². The molecule has 0 aromatic heterocycles. The fourth-order valence-corrected chi connectivity index (χ4v) is 7.04. The molecular weight excluding hydrogens is 517 g/mol. The van der Waals surface area contributed by atoms with E-state index in [0.717, 1.165) is 5.56 Å². The number of fused-ring (bicyclic) bond motifs is 5. The molecule has 0 amide bonds. The molecule has 1 saturated heterocycles. The standard InChI is InChI=1S/C35H26FNO4/c1-20-10-12-21(13-11-20)32(38)31-30(23-6-5-7-25(19-23)41-2)35(33(39)26-8-3-4-9-27(26)34(35)40)29-17-14-22-18-24(36)15-16-28(22)37(29)31/h3-19,29-31H,1-2H3/t29-,30-,31+/m1/s1. The van der Waals surface area contributed by atoms with E-state index in [0.29, 0.717) is 39.3 Å². The highest BCUT2D eigenvalue weighted by Gasteiger charge is 2.71. The third-order valence-corrected chi connectivity index (χ3v) is 8.82. The van der Waals surface area contributed by atoms with Crippen LogP contribution in [0.5, 0.6) is 5.75 Å². The molecule has 3 aliphatic rings. The average Bonchev–Trinajstić information content (AvgIpc) is 3.43. The number of ether oxygens (including phenoxy) is 1. The Kier molecular flexibility index (Phi) is 5.58. The second kappa shape index (κ2) is 9.10. The van der Waals surface area contributed by atoms with Crippen molar-refractivity contribution < 1.29 is 23.5 Å². The van der Waals surface area contributed by atoms with Crippen LogP contribution < -0.4 is 9.64 Å². The van der Waals surface area contributed by atoms with E-state index in [1.54, 1.807) is 73.9 Å². The second-order valence-electron chi connectivity index (χ2n) is 10.9. The number of methoxy groups -OCH3 is 1. The molecule has 6 heteroatoms. The van der Waals surface area contributed by atoms with Crippen molar-refractivity contribution in [1.82, 2.24) is 0 Å². The van der Waals surface area contributed by atoms with Gasteiger partial charge in [0.1, 0.15) is 23.0 Å². The molecule has 4 aromatic carbocycles. The summed E-state index contributed by atoms with van der Waals surface area (Å²) >= 11 is 0. The van der Waals surface area contributed by atoms with Gasteiger partial charge in [0.05, 0.1) is 13.2 Å². The first kappa shape index (κ1) is 25.1. The van der Waals surface area contributed by atoms with Crippen LogP contribution >= 0.6 is 0 Å². The zero-order valence-corrected chi connectivity index (χ0v) is 22.5. The molecule has 5 nitrogen and oxygen atoms in total. The molecule has 0 bridgehead atoms. The SMILES string of the molecule is COc1cccc([C@@H]2[C@@H](C(=O)c3ccc(C)cc3)N3c4ccc(F)cc4C=C[C@@H]3C23C(=O)c2ccccc2C3=O)c1. The molecule has 1 spiro atoms. The van der Waals surface area contributed by atoms with E-state index >= 15 is 0 Å². The lowest BCUT2D eigenvalue weighted by atomic mass is 9.64. The predicted molar refractivity (Wildman–Crippen MR) is 154 cm³/mol. The van der Waals surface area contributed by atoms with Crippen LogP contribution in [-0.4, -0.2) is 36.5 Å². The van der Waals surface area contributed by atoms with Gasteiger partial charge in [-0.15, -0.1) is 0 Å². The Hall–Kier alpha value is -4.84. The number of rotatable bonds is 4. The highest BCUT2D eigenvalue weighted by Crippen LogP contribution is 2.61. The van der Waals surface area contributed by atoms with Crippen LogP contribution in [0.25, 0.3) is 6.08 Å². The maximum atomic E-state index is 14.7. The van der Waals surface area contributed by atoms with E-state index in [2.05, 4.69) is 0 Å². The second-order valence-corrected chi connectivity index (χ2v) is 10.9. The minimum atomic E-state index is -1.62. The summed E-state index contributed by atoms with van der Waals surface area (Å²) in [5.74, 6) is -1.55. The molecule has 7 rings (SSSR count). The summed E-state index contributed by atoms with van der Waals surface area (Å²) in [6.07, 6.45) is 3.55. The zero-order valence-electron chi connectivity index (χ0n) is 22.5. The molecule has 2 aliphatic heterocycles. The van der Waals surface area contributed by atoms with Gasteiger partial charge in [-0.1, -0.05) is 78.4 Å². The summed E-state index contributed by atoms with van der Waals surface area (Å²) in [7, 11) is 1.55. The van der Waals surface area contributed by atoms with Gasteiger partial charge in [0.25, 0.3) is 0 Å². The highest BCUT2D eigenvalue weighted by molar-refractivity contribution is 6.32. The predicted octanol–water partition coefficient (Wildman–Crippen LogP) is 6.46. The average molecular weight is 544 g/mol. The number of ketones is 3. The van der Waals surface area contributed by atoms with Crippen molar-refractivity contribution in [1.29, 1.82) is 0 Å². The molecule has 1 fully saturated rings. The normalized spacial score (nSPS) is 21.5. The van der Waals surface area contributed by atoms with Crippen LogP contribution in [0.2, 0.25) is 0 Å². The number of nitrogens with zero attached hydrogens (tertiary/aromatic N) is 1. The lowest BCUT2D eigenvalue weighted by molar-refractivity contribution is 0.0665. The van der Waals surface area contributed by atoms with Gasteiger partial charge >= 0.3 is 0 Å². The molecule has 2 heterocycles. The van der Waals surface area contributed by atoms with Crippen LogP contribution in [0.4, 0.5) is 10.1 Å². The van der Waals surface area contributed by atoms with Gasteiger partial charge in [0, 0.05) is 33.9 Å². The first-order valence-electron chi connectivity index (χ1n) is 13.6.